The molecule has 0 atom stereocenters. The number of carboxylic acid groups (broad SMARTS) is 1. The topological polar surface area (TPSA) is 72.5 Å². The highest BCUT2D eigenvalue weighted by Gasteiger charge is 2.14. The third-order valence-corrected chi connectivity index (χ3v) is 2.62. The van der Waals surface area contributed by atoms with Crippen molar-refractivity contribution in [1.29, 1.82) is 0 Å². The van der Waals surface area contributed by atoms with E-state index in [4.69, 9.17) is 34.0 Å². The molecule has 0 bridgehead atoms. The minimum atomic E-state index is -3.06. The number of benzene rings is 1. The Kier molecular flexibility index (Phi) is 5.53. The number of halogens is 4. The molecule has 104 valence electrons. The first-order chi connectivity index (χ1) is 8.85. The molecule has 4 nitrogen and oxygen atoms in total. The Labute approximate surface area is 117 Å². The number of aliphatic carboxylic acids is 1. The first-order valence-electron chi connectivity index (χ1n) is 4.93. The maximum absolute atomic E-state index is 12.1. The van der Waals surface area contributed by atoms with Gasteiger partial charge in [-0.25, -0.2) is 4.79 Å². The van der Waals surface area contributed by atoms with Gasteiger partial charge in [0, 0.05) is 6.54 Å². The van der Waals surface area contributed by atoms with E-state index in [0.717, 1.165) is 0 Å². The monoisotopic (exact) mass is 311 g/mol. The van der Waals surface area contributed by atoms with Gasteiger partial charge in [-0.05, 0) is 23.8 Å². The third-order valence-electron chi connectivity index (χ3n) is 2.06. The average molecular weight is 312 g/mol. The zero-order valence-corrected chi connectivity index (χ0v) is 10.9. The molecule has 0 amide bonds. The lowest BCUT2D eigenvalue weighted by Crippen LogP contribution is -2.11. The van der Waals surface area contributed by atoms with Gasteiger partial charge in [-0.3, -0.25) is 0 Å². The molecule has 0 aliphatic carbocycles. The number of carboxylic acids is 1. The fourth-order valence-corrected chi connectivity index (χ4v) is 1.87. The summed E-state index contributed by atoms with van der Waals surface area (Å²) < 4.78 is 28.4. The largest absolute Gasteiger partial charge is 0.478 e. The molecule has 0 aliphatic heterocycles. The number of rotatable bonds is 5. The molecule has 0 fully saturated rings. The van der Waals surface area contributed by atoms with E-state index in [-0.39, 0.29) is 27.9 Å². The number of hydrogen-bond donors (Lipinski definition) is 2. The number of carbonyl (C=O) groups is 1. The van der Waals surface area contributed by atoms with Crippen molar-refractivity contribution >= 4 is 35.2 Å². The maximum atomic E-state index is 12.1. The number of hydrogen-bond acceptors (Lipinski definition) is 3. The fraction of sp³-hybridized carbons (Fsp3) is 0.182. The van der Waals surface area contributed by atoms with Crippen molar-refractivity contribution in [2.45, 2.75) is 6.61 Å². The minimum absolute atomic E-state index is 0.0744. The van der Waals surface area contributed by atoms with Crippen molar-refractivity contribution in [3.05, 3.63) is 33.3 Å². The molecule has 1 rings (SSSR count). The molecule has 0 saturated carbocycles. The maximum Gasteiger partial charge on any atom is 0.387 e. The van der Waals surface area contributed by atoms with Gasteiger partial charge in [0.25, 0.3) is 0 Å². The third kappa shape index (κ3) is 4.34. The Bertz CT molecular complexity index is 498. The van der Waals surface area contributed by atoms with Crippen LogP contribution in [-0.4, -0.2) is 24.2 Å². The molecule has 0 aromatic heterocycles. The second kappa shape index (κ2) is 6.70. The SMILES string of the molecule is NCC(=Cc1cc(Cl)c(OC(F)F)c(Cl)c1)C(=O)O. The molecule has 19 heavy (non-hydrogen) atoms. The van der Waals surface area contributed by atoms with Gasteiger partial charge >= 0.3 is 12.6 Å². The first-order valence-corrected chi connectivity index (χ1v) is 5.68. The predicted molar refractivity (Wildman–Crippen MR) is 67.8 cm³/mol. The van der Waals surface area contributed by atoms with Gasteiger partial charge in [0.2, 0.25) is 0 Å². The predicted octanol–water partition coefficient (Wildman–Crippen LogP) is 3.02. The number of nitrogens with two attached hydrogens (primary N) is 1. The standard InChI is InChI=1S/C11H9Cl2F2NO3/c12-7-2-5(1-6(4-16)10(17)18)3-8(13)9(7)19-11(14)15/h1-3,11H,4,16H2,(H,17,18). The highest BCUT2D eigenvalue weighted by atomic mass is 35.5. The van der Waals surface area contributed by atoms with E-state index >= 15 is 0 Å². The summed E-state index contributed by atoms with van der Waals surface area (Å²) in [6.07, 6.45) is 1.24. The van der Waals surface area contributed by atoms with E-state index in [1.54, 1.807) is 0 Å². The van der Waals surface area contributed by atoms with Gasteiger partial charge in [-0.2, -0.15) is 8.78 Å². The van der Waals surface area contributed by atoms with Crippen LogP contribution in [0.2, 0.25) is 10.0 Å². The van der Waals surface area contributed by atoms with Gasteiger partial charge in [0.1, 0.15) is 0 Å². The van der Waals surface area contributed by atoms with E-state index in [0.29, 0.717) is 5.56 Å². The summed E-state index contributed by atoms with van der Waals surface area (Å²) in [5, 5.41) is 8.50. The van der Waals surface area contributed by atoms with Crippen LogP contribution < -0.4 is 10.5 Å². The van der Waals surface area contributed by atoms with E-state index in [1.165, 1.54) is 18.2 Å². The van der Waals surface area contributed by atoms with Gasteiger partial charge in [0.15, 0.2) is 5.75 Å². The van der Waals surface area contributed by atoms with Crippen LogP contribution in [0, 0.1) is 0 Å². The van der Waals surface area contributed by atoms with Crippen LogP contribution in [0.4, 0.5) is 8.78 Å². The lowest BCUT2D eigenvalue weighted by molar-refractivity contribution is -0.132. The second-order valence-electron chi connectivity index (χ2n) is 3.37. The molecule has 0 aliphatic rings. The fourth-order valence-electron chi connectivity index (χ4n) is 1.27. The molecule has 1 aromatic carbocycles. The highest BCUT2D eigenvalue weighted by molar-refractivity contribution is 6.37. The van der Waals surface area contributed by atoms with Crippen LogP contribution in [0.15, 0.2) is 17.7 Å². The van der Waals surface area contributed by atoms with Crippen molar-refractivity contribution in [3.8, 4) is 5.75 Å². The average Bonchev–Trinajstić information content (AvgIpc) is 2.30. The smallest absolute Gasteiger partial charge is 0.387 e. The molecule has 8 heteroatoms. The van der Waals surface area contributed by atoms with E-state index in [9.17, 15) is 13.6 Å². The molecular weight excluding hydrogens is 303 g/mol. The molecule has 0 radical (unpaired) electrons. The summed E-state index contributed by atoms with van der Waals surface area (Å²) in [5.74, 6) is -1.55. The van der Waals surface area contributed by atoms with E-state index in [1.807, 2.05) is 0 Å². The van der Waals surface area contributed by atoms with Crippen molar-refractivity contribution in [2.75, 3.05) is 6.54 Å². The summed E-state index contributed by atoms with van der Waals surface area (Å²) in [4.78, 5) is 10.8. The first kappa shape index (κ1) is 15.7. The van der Waals surface area contributed by atoms with Crippen molar-refractivity contribution in [2.24, 2.45) is 5.73 Å². The number of alkyl halides is 2. The van der Waals surface area contributed by atoms with Crippen molar-refractivity contribution in [1.82, 2.24) is 0 Å². The summed E-state index contributed by atoms with van der Waals surface area (Å²) in [5.41, 5.74) is 5.50. The summed E-state index contributed by atoms with van der Waals surface area (Å²) >= 11 is 11.5. The summed E-state index contributed by atoms with van der Waals surface area (Å²) in [6.45, 7) is -3.25. The van der Waals surface area contributed by atoms with Crippen LogP contribution in [0.5, 0.6) is 5.75 Å². The lowest BCUT2D eigenvalue weighted by atomic mass is 10.1. The zero-order chi connectivity index (χ0) is 14.6. The Morgan fingerprint density at radius 3 is 2.32 bits per heavy atom. The molecule has 1 aromatic rings. The van der Waals surface area contributed by atoms with Gasteiger partial charge in [-0.1, -0.05) is 23.2 Å². The van der Waals surface area contributed by atoms with Gasteiger partial charge < -0.3 is 15.6 Å². The van der Waals surface area contributed by atoms with Crippen LogP contribution in [-0.2, 0) is 4.79 Å². The Morgan fingerprint density at radius 1 is 1.42 bits per heavy atom. The molecule has 0 heterocycles. The number of ether oxygens (including phenoxy) is 1. The molecule has 3 N–H and O–H groups in total. The molecular formula is C11H9Cl2F2NO3. The lowest BCUT2D eigenvalue weighted by Gasteiger charge is -2.09. The normalized spacial score (nSPS) is 11.8. The van der Waals surface area contributed by atoms with Crippen LogP contribution >= 0.6 is 23.2 Å². The summed E-state index contributed by atoms with van der Waals surface area (Å²) in [7, 11) is 0. The Morgan fingerprint density at radius 2 is 1.95 bits per heavy atom. The summed E-state index contributed by atoms with van der Waals surface area (Å²) in [6, 6.07) is 2.51. The van der Waals surface area contributed by atoms with Crippen LogP contribution in [0.1, 0.15) is 5.56 Å². The van der Waals surface area contributed by atoms with Gasteiger partial charge in [0.05, 0.1) is 15.6 Å². The molecule has 0 unspecified atom stereocenters. The second-order valence-corrected chi connectivity index (χ2v) is 4.19. The quantitative estimate of drug-likeness (QED) is 0.820. The zero-order valence-electron chi connectivity index (χ0n) is 9.37. The van der Waals surface area contributed by atoms with Crippen LogP contribution in [0.3, 0.4) is 0 Å². The van der Waals surface area contributed by atoms with Gasteiger partial charge in [-0.15, -0.1) is 0 Å². The van der Waals surface area contributed by atoms with Crippen LogP contribution in [0.25, 0.3) is 6.08 Å². The minimum Gasteiger partial charge on any atom is -0.478 e. The van der Waals surface area contributed by atoms with Crippen molar-refractivity contribution in [3.63, 3.8) is 0 Å². The Hall–Kier alpha value is -1.37. The molecule has 0 saturated heterocycles. The van der Waals surface area contributed by atoms with Crippen molar-refractivity contribution < 1.29 is 23.4 Å². The highest BCUT2D eigenvalue weighted by Crippen LogP contribution is 2.35. The molecule has 0 spiro atoms. The Balaban J connectivity index is 3.17. The van der Waals surface area contributed by atoms with E-state index in [2.05, 4.69) is 4.74 Å². The van der Waals surface area contributed by atoms with E-state index < -0.39 is 12.6 Å².